The minimum absolute atomic E-state index is 0.251. The zero-order valence-electron chi connectivity index (χ0n) is 13.9. The van der Waals surface area contributed by atoms with Crippen molar-refractivity contribution in [2.45, 2.75) is 37.3 Å². The first-order chi connectivity index (χ1) is 12.3. The zero-order valence-corrected chi connectivity index (χ0v) is 14.7. The molecule has 1 spiro atoms. The second kappa shape index (κ2) is 5.73. The van der Waals surface area contributed by atoms with Crippen molar-refractivity contribution in [2.75, 3.05) is 5.75 Å². The Kier molecular flexibility index (Phi) is 3.48. The van der Waals surface area contributed by atoms with Crippen LogP contribution in [0.5, 0.6) is 5.75 Å². The van der Waals surface area contributed by atoms with Crippen molar-refractivity contribution >= 4 is 16.9 Å². The van der Waals surface area contributed by atoms with Gasteiger partial charge < -0.3 is 10.5 Å². The van der Waals surface area contributed by atoms with E-state index in [2.05, 4.69) is 28.2 Å². The fourth-order valence-corrected chi connectivity index (χ4v) is 5.55. The number of hydrogen-bond donors (Lipinski definition) is 1. The molecule has 1 aromatic heterocycles. The van der Waals surface area contributed by atoms with E-state index in [9.17, 15) is 0 Å². The standard InChI is InChI=1S/C19H20N4OS/c20-18-23-19(10-25-18)14-3-1-2-4-16(14)24-17-6-5-12(7-15(17)19)13-8-21-11-22-9-13/h5-9,11,14,16H,1-4,10H2,(H2,20,23)/t14-,16?,19?/m1/s1. The van der Waals surface area contributed by atoms with Crippen LogP contribution in [0.2, 0.25) is 0 Å². The van der Waals surface area contributed by atoms with Crippen LogP contribution in [0.25, 0.3) is 11.1 Å². The molecule has 2 aliphatic heterocycles. The maximum absolute atomic E-state index is 6.40. The van der Waals surface area contributed by atoms with Gasteiger partial charge in [-0.1, -0.05) is 24.2 Å². The first-order valence-electron chi connectivity index (χ1n) is 8.81. The molecular weight excluding hydrogens is 332 g/mol. The van der Waals surface area contributed by atoms with Gasteiger partial charge in [-0.05, 0) is 37.0 Å². The molecule has 1 aliphatic carbocycles. The Morgan fingerprint density at radius 2 is 1.96 bits per heavy atom. The highest BCUT2D eigenvalue weighted by atomic mass is 32.2. The summed E-state index contributed by atoms with van der Waals surface area (Å²) in [5, 5.41) is 0.700. The van der Waals surface area contributed by atoms with E-state index in [4.69, 9.17) is 15.5 Å². The van der Waals surface area contributed by atoms with Crippen molar-refractivity contribution in [1.82, 2.24) is 9.97 Å². The third kappa shape index (κ3) is 2.34. The molecule has 128 valence electrons. The molecule has 25 heavy (non-hydrogen) atoms. The minimum Gasteiger partial charge on any atom is -0.490 e. The van der Waals surface area contributed by atoms with Crippen LogP contribution in [0.1, 0.15) is 31.2 Å². The monoisotopic (exact) mass is 352 g/mol. The van der Waals surface area contributed by atoms with Crippen molar-refractivity contribution in [3.05, 3.63) is 42.5 Å². The summed E-state index contributed by atoms with van der Waals surface area (Å²) in [7, 11) is 0. The Morgan fingerprint density at radius 1 is 1.12 bits per heavy atom. The highest BCUT2D eigenvalue weighted by molar-refractivity contribution is 8.14. The van der Waals surface area contributed by atoms with Crippen LogP contribution in [0.3, 0.4) is 0 Å². The summed E-state index contributed by atoms with van der Waals surface area (Å²) in [6, 6.07) is 6.38. The smallest absolute Gasteiger partial charge is 0.154 e. The Morgan fingerprint density at radius 3 is 2.76 bits per heavy atom. The van der Waals surface area contributed by atoms with Crippen molar-refractivity contribution in [1.29, 1.82) is 0 Å². The first-order valence-corrected chi connectivity index (χ1v) is 9.79. The van der Waals surface area contributed by atoms with Gasteiger partial charge in [0.1, 0.15) is 23.7 Å². The average molecular weight is 352 g/mol. The van der Waals surface area contributed by atoms with Gasteiger partial charge in [0.15, 0.2) is 5.17 Å². The van der Waals surface area contributed by atoms with Crippen LogP contribution in [0, 0.1) is 5.92 Å². The third-order valence-electron chi connectivity index (χ3n) is 5.68. The molecule has 0 radical (unpaired) electrons. The predicted molar refractivity (Wildman–Crippen MR) is 99.6 cm³/mol. The maximum atomic E-state index is 6.40. The van der Waals surface area contributed by atoms with Crippen LogP contribution < -0.4 is 10.5 Å². The number of aromatic nitrogens is 2. The fourth-order valence-electron chi connectivity index (χ4n) is 4.52. The number of nitrogens with two attached hydrogens (primary N) is 1. The number of thioether (sulfide) groups is 1. The summed E-state index contributed by atoms with van der Waals surface area (Å²) in [5.74, 6) is 2.28. The molecule has 0 bridgehead atoms. The van der Waals surface area contributed by atoms with Crippen LogP contribution in [-0.4, -0.2) is 27.0 Å². The van der Waals surface area contributed by atoms with Crippen molar-refractivity contribution in [2.24, 2.45) is 16.6 Å². The summed E-state index contributed by atoms with van der Waals surface area (Å²) in [5.41, 5.74) is 9.15. The second-order valence-corrected chi connectivity index (χ2v) is 8.04. The predicted octanol–water partition coefficient (Wildman–Crippen LogP) is 3.35. The Labute approximate surface area is 151 Å². The molecule has 2 N–H and O–H groups in total. The normalized spacial score (nSPS) is 30.3. The van der Waals surface area contributed by atoms with Crippen molar-refractivity contribution in [3.63, 3.8) is 0 Å². The zero-order chi connectivity index (χ0) is 16.9. The molecule has 3 aliphatic rings. The van der Waals surface area contributed by atoms with E-state index in [-0.39, 0.29) is 11.6 Å². The fraction of sp³-hybridized carbons (Fsp3) is 0.421. The van der Waals surface area contributed by atoms with Gasteiger partial charge >= 0.3 is 0 Å². The number of amidine groups is 1. The number of ether oxygens (including phenoxy) is 1. The lowest BCUT2D eigenvalue weighted by molar-refractivity contribution is 0.0268. The number of benzene rings is 1. The molecule has 5 rings (SSSR count). The summed E-state index contributed by atoms with van der Waals surface area (Å²) in [6.45, 7) is 0. The average Bonchev–Trinajstić information content (AvgIpc) is 3.05. The lowest BCUT2D eigenvalue weighted by atomic mass is 9.68. The lowest BCUT2D eigenvalue weighted by Gasteiger charge is -2.47. The largest absolute Gasteiger partial charge is 0.490 e. The summed E-state index contributed by atoms with van der Waals surface area (Å²) in [6.07, 6.45) is 10.2. The lowest BCUT2D eigenvalue weighted by Crippen LogP contribution is -2.49. The molecular formula is C19H20N4OS. The Balaban J connectivity index is 1.68. The van der Waals surface area contributed by atoms with Crippen molar-refractivity contribution in [3.8, 4) is 16.9 Å². The van der Waals surface area contributed by atoms with Gasteiger partial charge in [0.2, 0.25) is 0 Å². The van der Waals surface area contributed by atoms with Gasteiger partial charge in [0.25, 0.3) is 0 Å². The Hall–Kier alpha value is -2.08. The highest BCUT2D eigenvalue weighted by Gasteiger charge is 2.53. The Bertz CT molecular complexity index is 841. The van der Waals surface area contributed by atoms with E-state index in [1.807, 2.05) is 12.4 Å². The van der Waals surface area contributed by atoms with Crippen LogP contribution >= 0.6 is 11.8 Å². The SMILES string of the molecule is NC1=NC2(CS1)c1cc(-c3cncnc3)ccc1OC1CCCC[C@H]12. The summed E-state index contributed by atoms with van der Waals surface area (Å²) >= 11 is 1.67. The van der Waals surface area contributed by atoms with Crippen LogP contribution in [0.4, 0.5) is 0 Å². The van der Waals surface area contributed by atoms with Gasteiger partial charge in [-0.3, -0.25) is 0 Å². The molecule has 6 heteroatoms. The minimum atomic E-state index is -0.251. The summed E-state index contributed by atoms with van der Waals surface area (Å²) < 4.78 is 6.40. The molecule has 0 amide bonds. The van der Waals surface area contributed by atoms with Crippen LogP contribution in [-0.2, 0) is 5.54 Å². The number of hydrogen-bond acceptors (Lipinski definition) is 6. The van der Waals surface area contributed by atoms with Gasteiger partial charge in [0.05, 0.1) is 0 Å². The molecule has 1 aromatic carbocycles. The number of nitrogens with zero attached hydrogens (tertiary/aromatic N) is 3. The molecule has 1 fully saturated rings. The van der Waals surface area contributed by atoms with E-state index in [1.54, 1.807) is 18.1 Å². The van der Waals surface area contributed by atoms with E-state index in [0.717, 1.165) is 35.5 Å². The molecule has 2 aromatic rings. The number of fused-ring (bicyclic) bond motifs is 4. The summed E-state index contributed by atoms with van der Waals surface area (Å²) in [4.78, 5) is 13.3. The number of rotatable bonds is 1. The van der Waals surface area contributed by atoms with Gasteiger partial charge in [-0.15, -0.1) is 0 Å². The second-order valence-electron chi connectivity index (χ2n) is 7.05. The van der Waals surface area contributed by atoms with E-state index < -0.39 is 0 Å². The van der Waals surface area contributed by atoms with E-state index in [1.165, 1.54) is 18.4 Å². The topological polar surface area (TPSA) is 73.4 Å². The number of aliphatic imine (C=N–C) groups is 1. The molecule has 3 atom stereocenters. The third-order valence-corrected chi connectivity index (χ3v) is 6.66. The molecule has 5 nitrogen and oxygen atoms in total. The molecule has 0 saturated heterocycles. The van der Waals surface area contributed by atoms with Crippen molar-refractivity contribution < 1.29 is 4.74 Å². The molecule has 3 heterocycles. The molecule has 1 saturated carbocycles. The van der Waals surface area contributed by atoms with Crippen LogP contribution in [0.15, 0.2) is 41.9 Å². The maximum Gasteiger partial charge on any atom is 0.154 e. The van der Waals surface area contributed by atoms with Gasteiger partial charge in [0, 0.05) is 35.2 Å². The first kappa shape index (κ1) is 15.2. The van der Waals surface area contributed by atoms with E-state index in [0.29, 0.717) is 11.1 Å². The van der Waals surface area contributed by atoms with Gasteiger partial charge in [-0.2, -0.15) is 0 Å². The van der Waals surface area contributed by atoms with E-state index >= 15 is 0 Å². The quantitative estimate of drug-likeness (QED) is 0.852. The van der Waals surface area contributed by atoms with Gasteiger partial charge in [-0.25, -0.2) is 15.0 Å². The molecule has 2 unspecified atom stereocenters. The highest BCUT2D eigenvalue weighted by Crippen LogP contribution is 2.54.